The van der Waals surface area contributed by atoms with Crippen molar-refractivity contribution in [2.24, 2.45) is 0 Å². The molecule has 162 valence electrons. The molecule has 33 heavy (non-hydrogen) atoms. The molecule has 0 radical (unpaired) electrons. The van der Waals surface area contributed by atoms with Crippen LogP contribution in [-0.2, 0) is 0 Å². The average Bonchev–Trinajstić information content (AvgIpc) is 3.25. The molecule has 3 aromatic heterocycles. The molecule has 0 atom stereocenters. The van der Waals surface area contributed by atoms with E-state index in [2.05, 4.69) is 35.9 Å². The van der Waals surface area contributed by atoms with Crippen LogP contribution in [-0.4, -0.2) is 25.8 Å². The summed E-state index contributed by atoms with van der Waals surface area (Å²) < 4.78 is 0.985. The number of aromatic nitrogens is 4. The second-order valence-corrected chi connectivity index (χ2v) is 8.20. The molecular formula is C24H19N7OS. The summed E-state index contributed by atoms with van der Waals surface area (Å²) >= 11 is 1.37. The quantitative estimate of drug-likeness (QED) is 0.310. The van der Waals surface area contributed by atoms with Gasteiger partial charge in [-0.25, -0.2) is 19.9 Å². The first kappa shape index (κ1) is 20.5. The fraction of sp³-hybridized carbons (Fsp3) is 0.0417. The molecule has 3 N–H and O–H groups in total. The van der Waals surface area contributed by atoms with Gasteiger partial charge in [0.1, 0.15) is 23.3 Å². The molecule has 0 fully saturated rings. The molecule has 0 unspecified atom stereocenters. The Morgan fingerprint density at radius 3 is 2.27 bits per heavy atom. The van der Waals surface area contributed by atoms with Crippen molar-refractivity contribution in [1.29, 1.82) is 0 Å². The van der Waals surface area contributed by atoms with E-state index in [9.17, 15) is 4.79 Å². The summed E-state index contributed by atoms with van der Waals surface area (Å²) in [6.45, 7) is 1.83. The summed E-state index contributed by atoms with van der Waals surface area (Å²) in [6, 6.07) is 22.5. The number of benzene rings is 2. The third-order valence-electron chi connectivity index (χ3n) is 4.66. The maximum Gasteiger partial charge on any atom is 0.284 e. The standard InChI is InChI=1S/C24H19N7OS/c1-15-26-21(14-22(27-15)31-20-8-4-5-13-25-20)28-16-9-11-17(12-10-16)29-23(32)24-30-18-6-2-3-7-19(18)33-24/h2-14H,1H3,(H,29,32)(H2,25,26,27,28,31). The predicted molar refractivity (Wildman–Crippen MR) is 132 cm³/mol. The highest BCUT2D eigenvalue weighted by molar-refractivity contribution is 7.20. The van der Waals surface area contributed by atoms with E-state index in [-0.39, 0.29) is 5.91 Å². The number of para-hydroxylation sites is 1. The van der Waals surface area contributed by atoms with Gasteiger partial charge in [0.15, 0.2) is 5.01 Å². The second-order valence-electron chi connectivity index (χ2n) is 7.17. The number of hydrogen-bond acceptors (Lipinski definition) is 8. The summed E-state index contributed by atoms with van der Waals surface area (Å²) in [5, 5.41) is 9.77. The van der Waals surface area contributed by atoms with Gasteiger partial charge in [-0.3, -0.25) is 4.79 Å². The molecule has 0 saturated carbocycles. The maximum atomic E-state index is 12.6. The maximum absolute atomic E-state index is 12.6. The third kappa shape index (κ3) is 4.94. The molecule has 0 bridgehead atoms. The first-order chi connectivity index (χ1) is 16.1. The fourth-order valence-electron chi connectivity index (χ4n) is 3.20. The van der Waals surface area contributed by atoms with E-state index in [0.29, 0.717) is 34.0 Å². The fourth-order valence-corrected chi connectivity index (χ4v) is 4.06. The zero-order valence-corrected chi connectivity index (χ0v) is 18.4. The van der Waals surface area contributed by atoms with Crippen molar-refractivity contribution in [3.63, 3.8) is 0 Å². The van der Waals surface area contributed by atoms with Crippen LogP contribution >= 0.6 is 11.3 Å². The van der Waals surface area contributed by atoms with Gasteiger partial charge in [-0.05, 0) is 55.5 Å². The van der Waals surface area contributed by atoms with Gasteiger partial charge >= 0.3 is 0 Å². The second kappa shape index (κ2) is 9.01. The summed E-state index contributed by atoms with van der Waals surface area (Å²) in [6.07, 6.45) is 1.71. The predicted octanol–water partition coefficient (Wildman–Crippen LogP) is 5.53. The van der Waals surface area contributed by atoms with Gasteiger partial charge in [0.25, 0.3) is 5.91 Å². The van der Waals surface area contributed by atoms with Gasteiger partial charge in [-0.15, -0.1) is 11.3 Å². The summed E-state index contributed by atoms with van der Waals surface area (Å²) in [4.78, 5) is 30.1. The molecule has 1 amide bonds. The van der Waals surface area contributed by atoms with Crippen molar-refractivity contribution in [2.75, 3.05) is 16.0 Å². The van der Waals surface area contributed by atoms with Crippen molar-refractivity contribution >= 4 is 56.3 Å². The first-order valence-corrected chi connectivity index (χ1v) is 11.0. The topological polar surface area (TPSA) is 105 Å². The lowest BCUT2D eigenvalue weighted by molar-refractivity contribution is 0.102. The SMILES string of the molecule is Cc1nc(Nc2ccc(NC(=O)c3nc4ccccc4s3)cc2)cc(Nc2ccccn2)n1. The van der Waals surface area contributed by atoms with Crippen molar-refractivity contribution in [2.45, 2.75) is 6.92 Å². The Bertz CT molecular complexity index is 1390. The highest BCUT2D eigenvalue weighted by atomic mass is 32.1. The highest BCUT2D eigenvalue weighted by Gasteiger charge is 2.12. The summed E-state index contributed by atoms with van der Waals surface area (Å²) in [5.74, 6) is 2.39. The summed E-state index contributed by atoms with van der Waals surface area (Å²) in [7, 11) is 0. The molecule has 0 spiro atoms. The molecule has 0 aliphatic carbocycles. The Hall–Kier alpha value is -4.37. The zero-order chi connectivity index (χ0) is 22.6. The van der Waals surface area contributed by atoms with Crippen LogP contribution in [0.1, 0.15) is 15.6 Å². The van der Waals surface area contributed by atoms with Gasteiger partial charge in [-0.1, -0.05) is 18.2 Å². The number of hydrogen-bond donors (Lipinski definition) is 3. The molecule has 3 heterocycles. The Labute approximate surface area is 193 Å². The number of rotatable bonds is 6. The normalized spacial score (nSPS) is 10.7. The number of fused-ring (bicyclic) bond motifs is 1. The van der Waals surface area contributed by atoms with Crippen LogP contribution in [0.4, 0.5) is 28.8 Å². The number of nitrogens with one attached hydrogen (secondary N) is 3. The van der Waals surface area contributed by atoms with Crippen LogP contribution in [0.25, 0.3) is 10.2 Å². The van der Waals surface area contributed by atoms with Crippen molar-refractivity contribution < 1.29 is 4.79 Å². The lowest BCUT2D eigenvalue weighted by Gasteiger charge is -2.10. The van der Waals surface area contributed by atoms with Crippen LogP contribution in [0.15, 0.2) is 79.0 Å². The molecular weight excluding hydrogens is 434 g/mol. The average molecular weight is 454 g/mol. The van der Waals surface area contributed by atoms with E-state index in [4.69, 9.17) is 0 Å². The molecule has 5 aromatic rings. The van der Waals surface area contributed by atoms with Crippen LogP contribution in [0.5, 0.6) is 0 Å². The smallest absolute Gasteiger partial charge is 0.284 e. The largest absolute Gasteiger partial charge is 0.340 e. The van der Waals surface area contributed by atoms with Crippen LogP contribution in [0.2, 0.25) is 0 Å². The Kier molecular flexibility index (Phi) is 5.61. The highest BCUT2D eigenvalue weighted by Crippen LogP contribution is 2.24. The Morgan fingerprint density at radius 2 is 1.52 bits per heavy atom. The van der Waals surface area contributed by atoms with E-state index >= 15 is 0 Å². The first-order valence-electron chi connectivity index (χ1n) is 10.2. The number of aryl methyl sites for hydroxylation is 1. The molecule has 0 aliphatic rings. The number of amides is 1. The van der Waals surface area contributed by atoms with E-state index in [1.807, 2.05) is 79.7 Å². The Morgan fingerprint density at radius 1 is 0.788 bits per heavy atom. The van der Waals surface area contributed by atoms with Crippen LogP contribution in [0.3, 0.4) is 0 Å². The van der Waals surface area contributed by atoms with Crippen molar-refractivity contribution in [3.8, 4) is 0 Å². The molecule has 2 aromatic carbocycles. The minimum Gasteiger partial charge on any atom is -0.340 e. The number of anilines is 5. The van der Waals surface area contributed by atoms with E-state index < -0.39 is 0 Å². The van der Waals surface area contributed by atoms with Gasteiger partial charge in [0, 0.05) is 23.6 Å². The zero-order valence-electron chi connectivity index (χ0n) is 17.6. The number of carbonyl (C=O) groups excluding carboxylic acids is 1. The van der Waals surface area contributed by atoms with E-state index in [1.54, 1.807) is 6.20 Å². The van der Waals surface area contributed by atoms with Gasteiger partial charge in [0.05, 0.1) is 10.2 Å². The van der Waals surface area contributed by atoms with Crippen LogP contribution < -0.4 is 16.0 Å². The van der Waals surface area contributed by atoms with E-state index in [0.717, 1.165) is 15.9 Å². The monoisotopic (exact) mass is 453 g/mol. The van der Waals surface area contributed by atoms with Crippen molar-refractivity contribution in [1.82, 2.24) is 19.9 Å². The molecule has 5 rings (SSSR count). The lowest BCUT2D eigenvalue weighted by atomic mass is 10.2. The summed E-state index contributed by atoms with van der Waals surface area (Å²) in [5.41, 5.74) is 2.33. The lowest BCUT2D eigenvalue weighted by Crippen LogP contribution is -2.11. The van der Waals surface area contributed by atoms with Gasteiger partial charge < -0.3 is 16.0 Å². The molecule has 0 saturated heterocycles. The number of nitrogens with zero attached hydrogens (tertiary/aromatic N) is 4. The number of thiazole rings is 1. The van der Waals surface area contributed by atoms with Gasteiger partial charge in [-0.2, -0.15) is 0 Å². The molecule has 8 nitrogen and oxygen atoms in total. The number of carbonyl (C=O) groups is 1. The van der Waals surface area contributed by atoms with Crippen molar-refractivity contribution in [3.05, 3.63) is 89.8 Å². The van der Waals surface area contributed by atoms with Gasteiger partial charge in [0.2, 0.25) is 0 Å². The minimum absolute atomic E-state index is 0.228. The van der Waals surface area contributed by atoms with Crippen LogP contribution in [0, 0.1) is 6.92 Å². The third-order valence-corrected chi connectivity index (χ3v) is 5.70. The Balaban J connectivity index is 1.26. The molecule has 0 aliphatic heterocycles. The molecule has 9 heteroatoms. The minimum atomic E-state index is -0.228. The van der Waals surface area contributed by atoms with E-state index in [1.165, 1.54) is 11.3 Å². The number of pyridine rings is 1.